The minimum atomic E-state index is -0.469. The van der Waals surface area contributed by atoms with E-state index in [4.69, 9.17) is 27.7 Å². The van der Waals surface area contributed by atoms with Crippen molar-refractivity contribution in [2.75, 3.05) is 16.0 Å². The molecule has 1 heterocycles. The van der Waals surface area contributed by atoms with Crippen molar-refractivity contribution in [3.8, 4) is 0 Å². The normalized spacial score (nSPS) is 11.1. The molecule has 156 valence electrons. The zero-order valence-corrected chi connectivity index (χ0v) is 18.1. The zero-order valence-electron chi connectivity index (χ0n) is 16.5. The number of nitrogens with one attached hydrogen (secondary N) is 3. The lowest BCUT2D eigenvalue weighted by Crippen LogP contribution is -2.19. The summed E-state index contributed by atoms with van der Waals surface area (Å²) in [7, 11) is 0. The average molecular weight is 447 g/mol. The van der Waals surface area contributed by atoms with Crippen molar-refractivity contribution in [3.05, 3.63) is 69.9 Å². The summed E-state index contributed by atoms with van der Waals surface area (Å²) in [4.78, 5) is 24.6. The first-order valence-corrected chi connectivity index (χ1v) is 9.80. The van der Waals surface area contributed by atoms with Gasteiger partial charge in [-0.05, 0) is 36.4 Å². The van der Waals surface area contributed by atoms with E-state index in [0.717, 1.165) is 0 Å². The third-order valence-corrected chi connectivity index (χ3v) is 4.71. The van der Waals surface area contributed by atoms with Gasteiger partial charge in [0.15, 0.2) is 5.82 Å². The molecule has 1 aromatic heterocycles. The molecular weight excluding hydrogens is 427 g/mol. The summed E-state index contributed by atoms with van der Waals surface area (Å²) in [6.07, 6.45) is 0. The number of rotatable bonds is 4. The molecule has 9 heteroatoms. The number of amides is 3. The van der Waals surface area contributed by atoms with Crippen molar-refractivity contribution < 1.29 is 14.1 Å². The van der Waals surface area contributed by atoms with Crippen LogP contribution in [0.25, 0.3) is 0 Å². The highest BCUT2D eigenvalue weighted by atomic mass is 35.5. The van der Waals surface area contributed by atoms with Gasteiger partial charge < -0.3 is 15.2 Å². The van der Waals surface area contributed by atoms with Crippen LogP contribution < -0.4 is 16.0 Å². The van der Waals surface area contributed by atoms with E-state index >= 15 is 0 Å². The Morgan fingerprint density at radius 1 is 0.900 bits per heavy atom. The predicted molar refractivity (Wildman–Crippen MR) is 119 cm³/mol. The fourth-order valence-electron chi connectivity index (χ4n) is 2.51. The van der Waals surface area contributed by atoms with Crippen LogP contribution >= 0.6 is 23.2 Å². The van der Waals surface area contributed by atoms with Gasteiger partial charge in [-0.15, -0.1) is 0 Å². The number of halogens is 2. The SMILES string of the molecule is CC(C)(C)c1cc(NC(=O)Nc2ccc(NC(=O)c3c(Cl)cccc3Cl)cc2)no1. The first kappa shape index (κ1) is 21.7. The molecule has 0 saturated carbocycles. The molecule has 0 radical (unpaired) electrons. The number of aromatic nitrogens is 1. The molecule has 0 fully saturated rings. The molecule has 0 aliphatic rings. The van der Waals surface area contributed by atoms with Crippen molar-refractivity contribution in [1.82, 2.24) is 5.16 Å². The fraction of sp³-hybridized carbons (Fsp3) is 0.190. The van der Waals surface area contributed by atoms with E-state index in [1.807, 2.05) is 20.8 Å². The number of hydrogen-bond donors (Lipinski definition) is 3. The fourth-order valence-corrected chi connectivity index (χ4v) is 3.08. The van der Waals surface area contributed by atoms with E-state index in [1.54, 1.807) is 48.5 Å². The molecule has 0 saturated heterocycles. The van der Waals surface area contributed by atoms with Crippen LogP contribution in [-0.2, 0) is 5.41 Å². The summed E-state index contributed by atoms with van der Waals surface area (Å²) >= 11 is 12.1. The van der Waals surface area contributed by atoms with Crippen molar-refractivity contribution >= 4 is 52.3 Å². The standard InChI is InChI=1S/C21H20Cl2N4O3/c1-21(2,3)16-11-17(27-30-16)26-20(29)25-13-9-7-12(8-10-13)24-19(28)18-14(22)5-4-6-15(18)23/h4-11H,1-3H3,(H,24,28)(H2,25,26,27,29). The van der Waals surface area contributed by atoms with Crippen LogP contribution in [0.15, 0.2) is 53.1 Å². The molecule has 0 aliphatic heterocycles. The Bertz CT molecular complexity index is 1050. The van der Waals surface area contributed by atoms with Gasteiger partial charge >= 0.3 is 6.03 Å². The monoisotopic (exact) mass is 446 g/mol. The molecule has 3 N–H and O–H groups in total. The van der Waals surface area contributed by atoms with Gasteiger partial charge in [0.2, 0.25) is 0 Å². The second-order valence-corrected chi connectivity index (χ2v) is 8.35. The summed E-state index contributed by atoms with van der Waals surface area (Å²) in [5.74, 6) is 0.555. The van der Waals surface area contributed by atoms with E-state index in [1.165, 1.54) is 0 Å². The highest BCUT2D eigenvalue weighted by Crippen LogP contribution is 2.26. The van der Waals surface area contributed by atoms with Crippen molar-refractivity contribution in [1.29, 1.82) is 0 Å². The molecule has 0 atom stereocenters. The molecule has 0 aliphatic carbocycles. The maximum Gasteiger partial charge on any atom is 0.324 e. The van der Waals surface area contributed by atoms with E-state index in [2.05, 4.69) is 21.1 Å². The van der Waals surface area contributed by atoms with Crippen LogP contribution in [0.1, 0.15) is 36.9 Å². The lowest BCUT2D eigenvalue weighted by molar-refractivity contribution is 0.102. The number of carbonyl (C=O) groups excluding carboxylic acids is 2. The van der Waals surface area contributed by atoms with Gasteiger partial charge in [0.05, 0.1) is 15.6 Å². The Balaban J connectivity index is 1.60. The third kappa shape index (κ3) is 5.31. The number of hydrogen-bond acceptors (Lipinski definition) is 4. The first-order valence-electron chi connectivity index (χ1n) is 9.04. The Morgan fingerprint density at radius 3 is 2.00 bits per heavy atom. The summed E-state index contributed by atoms with van der Waals surface area (Å²) in [5.41, 5.74) is 1.04. The molecule has 0 unspecified atom stereocenters. The van der Waals surface area contributed by atoms with Crippen LogP contribution in [0, 0.1) is 0 Å². The first-order chi connectivity index (χ1) is 14.1. The zero-order chi connectivity index (χ0) is 21.9. The van der Waals surface area contributed by atoms with Crippen LogP contribution in [0.3, 0.4) is 0 Å². The molecule has 3 aromatic rings. The van der Waals surface area contributed by atoms with Gasteiger partial charge in [0.25, 0.3) is 5.91 Å². The minimum absolute atomic E-state index is 0.199. The van der Waals surface area contributed by atoms with Gasteiger partial charge in [0.1, 0.15) is 5.76 Å². The van der Waals surface area contributed by atoms with Crippen molar-refractivity contribution in [2.24, 2.45) is 0 Å². The molecule has 0 bridgehead atoms. The van der Waals surface area contributed by atoms with Crippen LogP contribution in [0.4, 0.5) is 22.0 Å². The van der Waals surface area contributed by atoms with Gasteiger partial charge in [-0.1, -0.05) is 55.2 Å². The number of nitrogens with zero attached hydrogens (tertiary/aromatic N) is 1. The van der Waals surface area contributed by atoms with Crippen molar-refractivity contribution in [2.45, 2.75) is 26.2 Å². The predicted octanol–water partition coefficient (Wildman–Crippen LogP) is 6.18. The van der Waals surface area contributed by atoms with Gasteiger partial charge in [-0.25, -0.2) is 4.79 Å². The Labute approximate surface area is 183 Å². The van der Waals surface area contributed by atoms with Crippen LogP contribution in [0.2, 0.25) is 10.0 Å². The number of anilines is 3. The lowest BCUT2D eigenvalue weighted by atomic mass is 9.93. The van der Waals surface area contributed by atoms with Gasteiger partial charge in [0, 0.05) is 22.9 Å². The van der Waals surface area contributed by atoms with Crippen LogP contribution in [-0.4, -0.2) is 17.1 Å². The quantitative estimate of drug-likeness (QED) is 0.445. The second-order valence-electron chi connectivity index (χ2n) is 7.53. The van der Waals surface area contributed by atoms with E-state index in [-0.39, 0.29) is 21.0 Å². The Hall–Kier alpha value is -3.03. The minimum Gasteiger partial charge on any atom is -0.359 e. The maximum absolute atomic E-state index is 12.4. The van der Waals surface area contributed by atoms with Crippen LogP contribution in [0.5, 0.6) is 0 Å². The number of benzene rings is 2. The molecule has 2 aromatic carbocycles. The highest BCUT2D eigenvalue weighted by molar-refractivity contribution is 6.40. The Kier molecular flexibility index (Phi) is 6.34. The summed E-state index contributed by atoms with van der Waals surface area (Å²) < 4.78 is 5.23. The lowest BCUT2D eigenvalue weighted by Gasteiger charge is -2.12. The largest absolute Gasteiger partial charge is 0.359 e. The van der Waals surface area contributed by atoms with Crippen molar-refractivity contribution in [3.63, 3.8) is 0 Å². The van der Waals surface area contributed by atoms with Gasteiger partial charge in [-0.2, -0.15) is 0 Å². The molecular formula is C21H20Cl2N4O3. The molecule has 3 amide bonds. The second kappa shape index (κ2) is 8.77. The Morgan fingerprint density at radius 2 is 1.47 bits per heavy atom. The summed E-state index contributed by atoms with van der Waals surface area (Å²) in [6, 6.07) is 12.6. The van der Waals surface area contributed by atoms with E-state index < -0.39 is 11.9 Å². The maximum atomic E-state index is 12.4. The molecule has 0 spiro atoms. The highest BCUT2D eigenvalue weighted by Gasteiger charge is 2.20. The molecule has 30 heavy (non-hydrogen) atoms. The third-order valence-electron chi connectivity index (χ3n) is 4.08. The topological polar surface area (TPSA) is 96.3 Å². The van der Waals surface area contributed by atoms with E-state index in [9.17, 15) is 9.59 Å². The smallest absolute Gasteiger partial charge is 0.324 e. The molecule has 3 rings (SSSR count). The molecule has 7 nitrogen and oxygen atoms in total. The summed E-state index contributed by atoms with van der Waals surface area (Å²) in [5, 5.41) is 12.4. The van der Waals surface area contributed by atoms with Gasteiger partial charge in [-0.3, -0.25) is 10.1 Å². The number of carbonyl (C=O) groups is 2. The van der Waals surface area contributed by atoms with E-state index in [0.29, 0.717) is 23.0 Å². The summed E-state index contributed by atoms with van der Waals surface area (Å²) in [6.45, 7) is 5.95. The number of urea groups is 1. The average Bonchev–Trinajstić information content (AvgIpc) is 3.12.